The van der Waals surface area contributed by atoms with Crippen molar-refractivity contribution in [2.75, 3.05) is 7.11 Å². The molecule has 0 radical (unpaired) electrons. The summed E-state index contributed by atoms with van der Waals surface area (Å²) in [5.74, 6) is -0.316. The molecule has 164 valence electrons. The van der Waals surface area contributed by atoms with Crippen LogP contribution in [0, 0.1) is 0 Å². The molecule has 0 fully saturated rings. The van der Waals surface area contributed by atoms with Gasteiger partial charge < -0.3 is 4.74 Å². The molecular formula is C22H18BrN3O5S. The third-order valence-electron chi connectivity index (χ3n) is 5.30. The fraction of sp³-hybridized carbons (Fsp3) is 0.227. The first-order valence-corrected chi connectivity index (χ1v) is 11.2. The number of fused-ring (bicyclic) bond motifs is 3. The molecule has 32 heavy (non-hydrogen) atoms. The van der Waals surface area contributed by atoms with Gasteiger partial charge in [-0.3, -0.25) is 23.5 Å². The van der Waals surface area contributed by atoms with Gasteiger partial charge in [0, 0.05) is 24.6 Å². The number of carbonyl (C=O) groups is 2. The fourth-order valence-electron chi connectivity index (χ4n) is 3.69. The summed E-state index contributed by atoms with van der Waals surface area (Å²) in [5, 5.41) is -0.0273. The lowest BCUT2D eigenvalue weighted by atomic mass is 9.90. The highest BCUT2D eigenvalue weighted by Crippen LogP contribution is 2.40. The number of hydrogen-bond donors (Lipinski definition) is 0. The standard InChI is InChI=1S/C22H18BrN3O5S/c1-5-11-16-17(18-20(24-11)25(2)22(30)26(3)21(18)29)12(27)9-15(19(16)28)32-14-8-10(23)6-7-13(14)31-4/h6-9H,5H2,1-4H3. The number of rotatable bonds is 4. The maximum Gasteiger partial charge on any atom is 0.332 e. The number of methoxy groups -OCH3 is 1. The van der Waals surface area contributed by atoms with E-state index in [0.29, 0.717) is 22.8 Å². The highest BCUT2D eigenvalue weighted by molar-refractivity contribution is 9.10. The normalized spacial score (nSPS) is 13.3. The zero-order valence-electron chi connectivity index (χ0n) is 17.7. The Morgan fingerprint density at radius 2 is 1.81 bits per heavy atom. The predicted octanol–water partition coefficient (Wildman–Crippen LogP) is 3.02. The molecular weight excluding hydrogens is 498 g/mol. The number of carbonyl (C=O) groups excluding carboxylic acids is 2. The fourth-order valence-corrected chi connectivity index (χ4v) is 5.24. The maximum atomic E-state index is 13.5. The molecule has 2 aromatic heterocycles. The summed E-state index contributed by atoms with van der Waals surface area (Å²) < 4.78 is 8.30. The SMILES string of the molecule is CCc1nc2c(c3c1C(=O)C(Sc1cc(Br)ccc1OC)=CC3=O)c(=O)n(C)c(=O)n2C. The van der Waals surface area contributed by atoms with Gasteiger partial charge in [0.05, 0.1) is 39.1 Å². The highest BCUT2D eigenvalue weighted by Gasteiger charge is 2.33. The van der Waals surface area contributed by atoms with E-state index in [-0.39, 0.29) is 27.1 Å². The van der Waals surface area contributed by atoms with Crippen molar-refractivity contribution >= 4 is 50.3 Å². The van der Waals surface area contributed by atoms with Crippen LogP contribution < -0.4 is 16.0 Å². The lowest BCUT2D eigenvalue weighted by molar-refractivity contribution is 0.0991. The van der Waals surface area contributed by atoms with Crippen molar-refractivity contribution < 1.29 is 14.3 Å². The molecule has 0 spiro atoms. The number of aromatic nitrogens is 3. The number of ketones is 2. The Morgan fingerprint density at radius 1 is 1.09 bits per heavy atom. The van der Waals surface area contributed by atoms with Crippen molar-refractivity contribution in [3.8, 4) is 5.75 Å². The Balaban J connectivity index is 1.98. The zero-order valence-corrected chi connectivity index (χ0v) is 20.1. The van der Waals surface area contributed by atoms with Gasteiger partial charge in [-0.25, -0.2) is 9.78 Å². The number of pyridine rings is 1. The van der Waals surface area contributed by atoms with Crippen molar-refractivity contribution in [1.29, 1.82) is 0 Å². The van der Waals surface area contributed by atoms with Gasteiger partial charge in [-0.1, -0.05) is 34.6 Å². The van der Waals surface area contributed by atoms with Crippen LogP contribution in [0.25, 0.3) is 11.0 Å². The average molecular weight is 516 g/mol. The summed E-state index contributed by atoms with van der Waals surface area (Å²) in [6, 6.07) is 5.36. The Bertz CT molecular complexity index is 1490. The molecule has 1 aliphatic carbocycles. The second-order valence-corrected chi connectivity index (χ2v) is 9.17. The molecule has 0 atom stereocenters. The Labute approximate surface area is 195 Å². The Hall–Kier alpha value is -2.98. The maximum absolute atomic E-state index is 13.5. The first-order valence-electron chi connectivity index (χ1n) is 9.64. The van der Waals surface area contributed by atoms with E-state index in [0.717, 1.165) is 20.8 Å². The second kappa shape index (κ2) is 8.18. The summed E-state index contributed by atoms with van der Waals surface area (Å²) in [5.41, 5.74) is -0.651. The van der Waals surface area contributed by atoms with E-state index in [1.54, 1.807) is 19.1 Å². The van der Waals surface area contributed by atoms with Crippen molar-refractivity contribution in [2.24, 2.45) is 14.1 Å². The largest absolute Gasteiger partial charge is 0.496 e. The smallest absolute Gasteiger partial charge is 0.332 e. The molecule has 2 heterocycles. The molecule has 0 aliphatic heterocycles. The summed E-state index contributed by atoms with van der Waals surface area (Å²) in [4.78, 5) is 57.4. The number of allylic oxidation sites excluding steroid dienone is 2. The lowest BCUT2D eigenvalue weighted by Gasteiger charge is -2.20. The molecule has 1 aromatic carbocycles. The molecule has 1 aliphatic rings. The van der Waals surface area contributed by atoms with Gasteiger partial charge in [0.15, 0.2) is 5.78 Å². The highest BCUT2D eigenvalue weighted by atomic mass is 79.9. The number of aryl methyl sites for hydroxylation is 2. The van der Waals surface area contributed by atoms with Crippen molar-refractivity contribution in [3.63, 3.8) is 0 Å². The van der Waals surface area contributed by atoms with Crippen molar-refractivity contribution in [2.45, 2.75) is 18.2 Å². The van der Waals surface area contributed by atoms with Gasteiger partial charge in [-0.2, -0.15) is 0 Å². The number of thioether (sulfide) groups is 1. The van der Waals surface area contributed by atoms with Crippen LogP contribution in [0.1, 0.15) is 33.3 Å². The van der Waals surface area contributed by atoms with Crippen LogP contribution in [0.2, 0.25) is 0 Å². The lowest BCUT2D eigenvalue weighted by Crippen LogP contribution is -2.39. The molecule has 8 nitrogen and oxygen atoms in total. The zero-order chi connectivity index (χ0) is 23.3. The van der Waals surface area contributed by atoms with Gasteiger partial charge in [0.25, 0.3) is 5.56 Å². The number of nitrogens with zero attached hydrogens (tertiary/aromatic N) is 3. The van der Waals surface area contributed by atoms with Gasteiger partial charge in [-0.05, 0) is 24.6 Å². The van der Waals surface area contributed by atoms with Crippen molar-refractivity contribution in [3.05, 3.63) is 71.3 Å². The van der Waals surface area contributed by atoms with Crippen molar-refractivity contribution in [1.82, 2.24) is 14.1 Å². The molecule has 0 N–H and O–H groups in total. The predicted molar refractivity (Wildman–Crippen MR) is 125 cm³/mol. The summed E-state index contributed by atoms with van der Waals surface area (Å²) in [6.45, 7) is 1.80. The molecule has 10 heteroatoms. The van der Waals surface area contributed by atoms with Crippen LogP contribution >= 0.6 is 27.7 Å². The monoisotopic (exact) mass is 515 g/mol. The first kappa shape index (κ1) is 22.2. The second-order valence-electron chi connectivity index (χ2n) is 7.17. The van der Waals surface area contributed by atoms with Crippen LogP contribution in [-0.4, -0.2) is 32.8 Å². The Morgan fingerprint density at radius 3 is 2.47 bits per heavy atom. The number of benzene rings is 1. The minimum atomic E-state index is -0.659. The third-order valence-corrected chi connectivity index (χ3v) is 6.86. The van der Waals surface area contributed by atoms with E-state index in [1.807, 2.05) is 6.07 Å². The summed E-state index contributed by atoms with van der Waals surface area (Å²) >= 11 is 4.52. The van der Waals surface area contributed by atoms with Crippen LogP contribution in [0.4, 0.5) is 0 Å². The van der Waals surface area contributed by atoms with E-state index in [4.69, 9.17) is 4.74 Å². The van der Waals surface area contributed by atoms with Crippen LogP contribution in [-0.2, 0) is 20.5 Å². The number of hydrogen-bond acceptors (Lipinski definition) is 7. The Kier molecular flexibility index (Phi) is 5.68. The molecule has 0 saturated carbocycles. The van der Waals surface area contributed by atoms with Gasteiger partial charge in [0.2, 0.25) is 5.78 Å². The van der Waals surface area contributed by atoms with E-state index >= 15 is 0 Å². The van der Waals surface area contributed by atoms with E-state index < -0.39 is 22.8 Å². The molecule has 4 rings (SSSR count). The van der Waals surface area contributed by atoms with Gasteiger partial charge in [-0.15, -0.1) is 0 Å². The van der Waals surface area contributed by atoms with Crippen LogP contribution in [0.3, 0.4) is 0 Å². The summed E-state index contributed by atoms with van der Waals surface area (Å²) in [6.07, 6.45) is 1.58. The molecule has 0 saturated heterocycles. The minimum absolute atomic E-state index is 0.00129. The number of ether oxygens (including phenoxy) is 1. The topological polar surface area (TPSA) is 100 Å². The summed E-state index contributed by atoms with van der Waals surface area (Å²) in [7, 11) is 4.33. The molecule has 0 amide bonds. The third kappa shape index (κ3) is 3.34. The van der Waals surface area contributed by atoms with E-state index in [2.05, 4.69) is 20.9 Å². The van der Waals surface area contributed by atoms with Crippen LogP contribution in [0.15, 0.2) is 48.1 Å². The van der Waals surface area contributed by atoms with Crippen LogP contribution in [0.5, 0.6) is 5.75 Å². The molecule has 0 unspecified atom stereocenters. The van der Waals surface area contributed by atoms with E-state index in [9.17, 15) is 19.2 Å². The molecule has 3 aromatic rings. The number of halogens is 1. The quantitative estimate of drug-likeness (QED) is 0.526. The van der Waals surface area contributed by atoms with Gasteiger partial charge in [0.1, 0.15) is 11.4 Å². The molecule has 0 bridgehead atoms. The number of Topliss-reactive ketones (excluding diaryl/α,β-unsaturated/α-hetero) is 1. The first-order chi connectivity index (χ1) is 15.2. The minimum Gasteiger partial charge on any atom is -0.496 e. The van der Waals surface area contributed by atoms with E-state index in [1.165, 1.54) is 31.8 Å². The van der Waals surface area contributed by atoms with Gasteiger partial charge >= 0.3 is 5.69 Å². The average Bonchev–Trinajstić information content (AvgIpc) is 2.78.